The molecule has 20 heavy (non-hydrogen) atoms. The van der Waals surface area contributed by atoms with Crippen LogP contribution in [-0.4, -0.2) is 16.3 Å². The average Bonchev–Trinajstić information content (AvgIpc) is 2.88. The Morgan fingerprint density at radius 2 is 2.20 bits per heavy atom. The maximum atomic E-state index is 13.2. The fraction of sp³-hybridized carbons (Fsp3) is 0.438. The van der Waals surface area contributed by atoms with E-state index >= 15 is 0 Å². The summed E-state index contributed by atoms with van der Waals surface area (Å²) in [6, 6.07) is 6.99. The van der Waals surface area contributed by atoms with Crippen LogP contribution in [0.2, 0.25) is 0 Å². The molecule has 1 heterocycles. The molecule has 2 rings (SSSR count). The van der Waals surface area contributed by atoms with Gasteiger partial charge in [-0.25, -0.2) is 4.39 Å². The lowest BCUT2D eigenvalue weighted by Crippen LogP contribution is -2.21. The van der Waals surface area contributed by atoms with Crippen LogP contribution < -0.4 is 5.32 Å². The van der Waals surface area contributed by atoms with E-state index in [-0.39, 0.29) is 5.82 Å². The predicted octanol–water partition coefficient (Wildman–Crippen LogP) is 3.52. The minimum atomic E-state index is -0.203. The Hall–Kier alpha value is -1.68. The van der Waals surface area contributed by atoms with Crippen molar-refractivity contribution < 1.29 is 4.39 Å². The average molecular weight is 275 g/mol. The minimum absolute atomic E-state index is 0.203. The van der Waals surface area contributed by atoms with Gasteiger partial charge in [0.25, 0.3) is 0 Å². The highest BCUT2D eigenvalue weighted by Crippen LogP contribution is 2.16. The van der Waals surface area contributed by atoms with Gasteiger partial charge in [0.1, 0.15) is 5.82 Å². The summed E-state index contributed by atoms with van der Waals surface area (Å²) in [4.78, 5) is 0. The van der Waals surface area contributed by atoms with Gasteiger partial charge in [0.05, 0.1) is 12.7 Å². The molecular formula is C16H22FN3. The molecule has 2 aromatic rings. The molecule has 3 nitrogen and oxygen atoms in total. The molecular weight excluding hydrogens is 253 g/mol. The molecule has 0 saturated carbocycles. The van der Waals surface area contributed by atoms with Crippen molar-refractivity contribution in [3.8, 4) is 0 Å². The third-order valence-electron chi connectivity index (χ3n) is 3.34. The fourth-order valence-corrected chi connectivity index (χ4v) is 2.28. The Labute approximate surface area is 119 Å². The summed E-state index contributed by atoms with van der Waals surface area (Å²) < 4.78 is 15.0. The molecule has 1 atom stereocenters. The maximum Gasteiger partial charge on any atom is 0.123 e. The van der Waals surface area contributed by atoms with E-state index in [4.69, 9.17) is 0 Å². The van der Waals surface area contributed by atoms with Crippen LogP contribution in [0.5, 0.6) is 0 Å². The zero-order chi connectivity index (χ0) is 14.4. The second-order valence-corrected chi connectivity index (χ2v) is 5.02. The van der Waals surface area contributed by atoms with Crippen LogP contribution in [0.4, 0.5) is 4.39 Å². The highest BCUT2D eigenvalue weighted by Gasteiger charge is 2.10. The van der Waals surface area contributed by atoms with Crippen molar-refractivity contribution in [2.45, 2.75) is 39.3 Å². The zero-order valence-electron chi connectivity index (χ0n) is 12.1. The molecule has 0 fully saturated rings. The highest BCUT2D eigenvalue weighted by atomic mass is 19.1. The van der Waals surface area contributed by atoms with E-state index in [0.717, 1.165) is 24.9 Å². The molecule has 0 amide bonds. The number of hydrogen-bond donors (Lipinski definition) is 1. The highest BCUT2D eigenvalue weighted by molar-refractivity contribution is 5.17. The van der Waals surface area contributed by atoms with E-state index in [2.05, 4.69) is 24.3 Å². The third-order valence-corrected chi connectivity index (χ3v) is 3.34. The molecule has 0 radical (unpaired) electrons. The lowest BCUT2D eigenvalue weighted by molar-refractivity contribution is 0.517. The monoisotopic (exact) mass is 275 g/mol. The van der Waals surface area contributed by atoms with Crippen LogP contribution in [0.25, 0.3) is 0 Å². The topological polar surface area (TPSA) is 29.9 Å². The summed E-state index contributed by atoms with van der Waals surface area (Å²) in [5.41, 5.74) is 2.12. The first-order valence-corrected chi connectivity index (χ1v) is 7.23. The first-order chi connectivity index (χ1) is 9.72. The molecule has 0 bridgehead atoms. The number of rotatable bonds is 7. The minimum Gasteiger partial charge on any atom is -0.310 e. The van der Waals surface area contributed by atoms with E-state index in [1.807, 2.05) is 23.1 Å². The van der Waals surface area contributed by atoms with Gasteiger partial charge >= 0.3 is 0 Å². The van der Waals surface area contributed by atoms with Crippen molar-refractivity contribution in [2.24, 2.45) is 0 Å². The van der Waals surface area contributed by atoms with Gasteiger partial charge in [-0.2, -0.15) is 5.10 Å². The number of halogens is 1. The van der Waals surface area contributed by atoms with Crippen LogP contribution >= 0.6 is 0 Å². The van der Waals surface area contributed by atoms with E-state index in [1.165, 1.54) is 11.6 Å². The van der Waals surface area contributed by atoms with Crippen molar-refractivity contribution >= 4 is 0 Å². The molecule has 108 valence electrons. The van der Waals surface area contributed by atoms with Crippen LogP contribution in [-0.2, 0) is 6.54 Å². The fourth-order valence-electron chi connectivity index (χ4n) is 2.28. The number of nitrogens with zero attached hydrogens (tertiary/aromatic N) is 2. The largest absolute Gasteiger partial charge is 0.310 e. The van der Waals surface area contributed by atoms with Crippen LogP contribution in [0.3, 0.4) is 0 Å². The number of nitrogens with one attached hydrogen (secondary N) is 1. The predicted molar refractivity (Wildman–Crippen MR) is 79.1 cm³/mol. The number of aromatic nitrogens is 2. The van der Waals surface area contributed by atoms with Gasteiger partial charge in [-0.1, -0.05) is 26.0 Å². The molecule has 4 heteroatoms. The first kappa shape index (κ1) is 14.7. The van der Waals surface area contributed by atoms with E-state index in [1.54, 1.807) is 12.1 Å². The Morgan fingerprint density at radius 3 is 2.90 bits per heavy atom. The summed E-state index contributed by atoms with van der Waals surface area (Å²) in [5.74, 6) is -0.203. The van der Waals surface area contributed by atoms with Crippen molar-refractivity contribution in [3.05, 3.63) is 53.6 Å². The molecule has 0 spiro atoms. The first-order valence-electron chi connectivity index (χ1n) is 7.23. The normalized spacial score (nSPS) is 12.6. The van der Waals surface area contributed by atoms with E-state index in [9.17, 15) is 4.39 Å². The molecule has 1 unspecified atom stereocenters. The van der Waals surface area contributed by atoms with Crippen molar-refractivity contribution in [3.63, 3.8) is 0 Å². The summed E-state index contributed by atoms with van der Waals surface area (Å²) in [6.45, 7) is 5.93. The van der Waals surface area contributed by atoms with Crippen LogP contribution in [0, 0.1) is 5.82 Å². The lowest BCUT2D eigenvalue weighted by atomic mass is 10.1. The standard InChI is InChI=1S/C16H22FN3/c1-3-8-18-16(4-2)14-10-19-20(12-14)11-13-6-5-7-15(17)9-13/h5-7,9-10,12,16,18H,3-4,8,11H2,1-2H3. The van der Waals surface area contributed by atoms with Crippen molar-refractivity contribution in [2.75, 3.05) is 6.54 Å². The van der Waals surface area contributed by atoms with Crippen molar-refractivity contribution in [1.29, 1.82) is 0 Å². The van der Waals surface area contributed by atoms with Crippen LogP contribution in [0.15, 0.2) is 36.7 Å². The second-order valence-electron chi connectivity index (χ2n) is 5.02. The Balaban J connectivity index is 2.04. The molecule has 1 aromatic heterocycles. The quantitative estimate of drug-likeness (QED) is 0.838. The molecule has 0 saturated heterocycles. The Morgan fingerprint density at radius 1 is 1.35 bits per heavy atom. The summed E-state index contributed by atoms with van der Waals surface area (Å²) in [5, 5.41) is 7.88. The molecule has 0 aliphatic heterocycles. The summed E-state index contributed by atoms with van der Waals surface area (Å²) >= 11 is 0. The maximum absolute atomic E-state index is 13.2. The molecule has 1 aromatic carbocycles. The summed E-state index contributed by atoms with van der Waals surface area (Å²) in [6.07, 6.45) is 6.09. The van der Waals surface area contributed by atoms with Gasteiger partial charge in [0.15, 0.2) is 0 Å². The smallest absolute Gasteiger partial charge is 0.123 e. The van der Waals surface area contributed by atoms with Crippen LogP contribution in [0.1, 0.15) is 43.9 Å². The van der Waals surface area contributed by atoms with Crippen molar-refractivity contribution in [1.82, 2.24) is 15.1 Å². The van der Waals surface area contributed by atoms with E-state index < -0.39 is 0 Å². The Kier molecular flexibility index (Phi) is 5.30. The van der Waals surface area contributed by atoms with Gasteiger partial charge < -0.3 is 5.32 Å². The SMILES string of the molecule is CCCNC(CC)c1cnn(Cc2cccc(F)c2)c1. The molecule has 0 aliphatic carbocycles. The van der Waals surface area contributed by atoms with Gasteiger partial charge in [-0.05, 0) is 37.1 Å². The molecule has 1 N–H and O–H groups in total. The summed E-state index contributed by atoms with van der Waals surface area (Å²) in [7, 11) is 0. The number of hydrogen-bond acceptors (Lipinski definition) is 2. The number of benzene rings is 1. The van der Waals surface area contributed by atoms with Gasteiger partial charge in [-0.15, -0.1) is 0 Å². The lowest BCUT2D eigenvalue weighted by Gasteiger charge is -2.14. The zero-order valence-corrected chi connectivity index (χ0v) is 12.1. The van der Waals surface area contributed by atoms with Gasteiger partial charge in [0.2, 0.25) is 0 Å². The van der Waals surface area contributed by atoms with E-state index in [0.29, 0.717) is 12.6 Å². The Bertz CT molecular complexity index is 536. The molecule has 0 aliphatic rings. The van der Waals surface area contributed by atoms with Gasteiger partial charge in [-0.3, -0.25) is 4.68 Å². The van der Waals surface area contributed by atoms with Gasteiger partial charge in [0, 0.05) is 17.8 Å². The third kappa shape index (κ3) is 3.90. The second kappa shape index (κ2) is 7.20.